The van der Waals surface area contributed by atoms with Crippen molar-refractivity contribution < 1.29 is 13.6 Å². The molecule has 4 heteroatoms. The largest absolute Gasteiger partial charge is 0.325 e. The molecule has 0 spiro atoms. The molecule has 1 aliphatic rings. The second-order valence-electron chi connectivity index (χ2n) is 4.79. The van der Waals surface area contributed by atoms with Gasteiger partial charge in [0.05, 0.1) is 5.56 Å². The third-order valence-electron chi connectivity index (χ3n) is 3.34. The van der Waals surface area contributed by atoms with E-state index in [9.17, 15) is 13.6 Å². The molecule has 0 aliphatic heterocycles. The zero-order chi connectivity index (χ0) is 12.5. The van der Waals surface area contributed by atoms with Crippen LogP contribution in [-0.2, 0) is 0 Å². The number of rotatable bonds is 3. The molecule has 17 heavy (non-hydrogen) atoms. The van der Waals surface area contributed by atoms with E-state index in [4.69, 9.17) is 5.73 Å². The third-order valence-corrected chi connectivity index (χ3v) is 3.34. The van der Waals surface area contributed by atoms with Gasteiger partial charge in [-0.25, -0.2) is 8.78 Å². The highest BCUT2D eigenvalue weighted by atomic mass is 19.1. The standard InChI is InChI=1S/C13H15F2NO/c14-9-3-4-11(15)10(7-9)12(17)8-13(16)5-1-2-6-13/h3-4,7H,1-2,5-6,8,16H2. The predicted molar refractivity (Wildman–Crippen MR) is 60.7 cm³/mol. The molecule has 1 saturated carbocycles. The smallest absolute Gasteiger partial charge is 0.167 e. The number of Topliss-reactive ketones (excluding diaryl/α,β-unsaturated/α-hetero) is 1. The van der Waals surface area contributed by atoms with E-state index in [-0.39, 0.29) is 12.0 Å². The minimum atomic E-state index is -0.682. The van der Waals surface area contributed by atoms with Gasteiger partial charge in [0.2, 0.25) is 0 Å². The summed E-state index contributed by atoms with van der Waals surface area (Å²) in [5, 5.41) is 0. The van der Waals surface area contributed by atoms with Gasteiger partial charge in [0, 0.05) is 12.0 Å². The van der Waals surface area contributed by atoms with Gasteiger partial charge in [0.1, 0.15) is 11.6 Å². The highest BCUT2D eigenvalue weighted by Crippen LogP contribution is 2.31. The van der Waals surface area contributed by atoms with Gasteiger partial charge in [-0.1, -0.05) is 12.8 Å². The van der Waals surface area contributed by atoms with E-state index in [0.717, 1.165) is 43.9 Å². The first-order chi connectivity index (χ1) is 8.00. The van der Waals surface area contributed by atoms with Crippen LogP contribution in [-0.4, -0.2) is 11.3 Å². The quantitative estimate of drug-likeness (QED) is 0.824. The zero-order valence-electron chi connectivity index (χ0n) is 9.51. The van der Waals surface area contributed by atoms with Gasteiger partial charge >= 0.3 is 0 Å². The number of benzene rings is 1. The second-order valence-corrected chi connectivity index (χ2v) is 4.79. The Bertz CT molecular complexity index is 439. The van der Waals surface area contributed by atoms with Crippen molar-refractivity contribution in [2.75, 3.05) is 0 Å². The summed E-state index contributed by atoms with van der Waals surface area (Å²) in [6, 6.07) is 2.91. The zero-order valence-corrected chi connectivity index (χ0v) is 9.51. The SMILES string of the molecule is NC1(CC(=O)c2cc(F)ccc2F)CCCC1. The molecule has 0 heterocycles. The number of halogens is 2. The van der Waals surface area contributed by atoms with Gasteiger partial charge < -0.3 is 5.73 Å². The summed E-state index contributed by atoms with van der Waals surface area (Å²) in [5.41, 5.74) is 5.32. The van der Waals surface area contributed by atoms with Crippen molar-refractivity contribution in [1.82, 2.24) is 0 Å². The molecule has 2 nitrogen and oxygen atoms in total. The molecule has 1 aliphatic carbocycles. The maximum atomic E-state index is 13.4. The number of hydrogen-bond donors (Lipinski definition) is 1. The number of carbonyl (C=O) groups excluding carboxylic acids is 1. The van der Waals surface area contributed by atoms with Crippen LogP contribution >= 0.6 is 0 Å². The molecule has 0 amide bonds. The molecule has 0 atom stereocenters. The van der Waals surface area contributed by atoms with Gasteiger partial charge in [-0.2, -0.15) is 0 Å². The van der Waals surface area contributed by atoms with Gasteiger partial charge in [0.25, 0.3) is 0 Å². The van der Waals surface area contributed by atoms with Crippen LogP contribution in [0.5, 0.6) is 0 Å². The summed E-state index contributed by atoms with van der Waals surface area (Å²) in [4.78, 5) is 11.9. The third kappa shape index (κ3) is 2.69. The van der Waals surface area contributed by atoms with Crippen LogP contribution in [0.15, 0.2) is 18.2 Å². The van der Waals surface area contributed by atoms with Crippen LogP contribution in [0.25, 0.3) is 0 Å². The summed E-state index contributed by atoms with van der Waals surface area (Å²) < 4.78 is 26.4. The molecule has 92 valence electrons. The average Bonchev–Trinajstić information content (AvgIpc) is 2.68. The van der Waals surface area contributed by atoms with Crippen molar-refractivity contribution in [3.05, 3.63) is 35.4 Å². The van der Waals surface area contributed by atoms with Crippen LogP contribution in [0.1, 0.15) is 42.5 Å². The number of nitrogens with two attached hydrogens (primary N) is 1. The molecule has 2 rings (SSSR count). The monoisotopic (exact) mass is 239 g/mol. The Labute approximate surface area is 98.8 Å². The van der Waals surface area contributed by atoms with Crippen molar-refractivity contribution in [2.24, 2.45) is 5.73 Å². The molecule has 1 aromatic rings. The van der Waals surface area contributed by atoms with Crippen LogP contribution in [0, 0.1) is 11.6 Å². The maximum Gasteiger partial charge on any atom is 0.167 e. The molecule has 0 bridgehead atoms. The van der Waals surface area contributed by atoms with Gasteiger partial charge in [0.15, 0.2) is 5.78 Å². The molecule has 1 aromatic carbocycles. The summed E-state index contributed by atoms with van der Waals surface area (Å²) in [6.07, 6.45) is 3.63. The fourth-order valence-electron chi connectivity index (χ4n) is 2.38. The number of ketones is 1. The number of carbonyl (C=O) groups is 1. The van der Waals surface area contributed by atoms with E-state index in [1.54, 1.807) is 0 Å². The van der Waals surface area contributed by atoms with E-state index in [0.29, 0.717) is 0 Å². The van der Waals surface area contributed by atoms with E-state index in [1.165, 1.54) is 0 Å². The van der Waals surface area contributed by atoms with Crippen molar-refractivity contribution >= 4 is 5.78 Å². The van der Waals surface area contributed by atoms with E-state index in [2.05, 4.69) is 0 Å². The summed E-state index contributed by atoms with van der Waals surface area (Å²) in [5.74, 6) is -1.70. The normalized spacial score (nSPS) is 18.3. The summed E-state index contributed by atoms with van der Waals surface area (Å²) in [6.45, 7) is 0. The molecule has 0 aromatic heterocycles. The first-order valence-corrected chi connectivity index (χ1v) is 5.77. The van der Waals surface area contributed by atoms with Crippen LogP contribution in [0.4, 0.5) is 8.78 Å². The summed E-state index contributed by atoms with van der Waals surface area (Å²) >= 11 is 0. The Morgan fingerprint density at radius 1 is 1.29 bits per heavy atom. The van der Waals surface area contributed by atoms with E-state index in [1.807, 2.05) is 0 Å². The van der Waals surface area contributed by atoms with E-state index >= 15 is 0 Å². The van der Waals surface area contributed by atoms with Crippen LogP contribution < -0.4 is 5.73 Å². The highest BCUT2D eigenvalue weighted by Gasteiger charge is 2.32. The van der Waals surface area contributed by atoms with Crippen molar-refractivity contribution in [3.63, 3.8) is 0 Å². The average molecular weight is 239 g/mol. The van der Waals surface area contributed by atoms with Gasteiger partial charge in [-0.05, 0) is 31.0 Å². The fourth-order valence-corrected chi connectivity index (χ4v) is 2.38. The predicted octanol–water partition coefficient (Wildman–Crippen LogP) is 2.81. The minimum absolute atomic E-state index is 0.0906. The van der Waals surface area contributed by atoms with Crippen molar-refractivity contribution in [1.29, 1.82) is 0 Å². The van der Waals surface area contributed by atoms with Crippen LogP contribution in [0.3, 0.4) is 0 Å². The van der Waals surface area contributed by atoms with Crippen molar-refractivity contribution in [2.45, 2.75) is 37.6 Å². The lowest BCUT2D eigenvalue weighted by Crippen LogP contribution is -2.38. The minimum Gasteiger partial charge on any atom is -0.325 e. The molecule has 0 saturated heterocycles. The Hall–Kier alpha value is -1.29. The Kier molecular flexibility index (Phi) is 3.24. The van der Waals surface area contributed by atoms with E-state index < -0.39 is 23.0 Å². The number of hydrogen-bond acceptors (Lipinski definition) is 2. The lowest BCUT2D eigenvalue weighted by molar-refractivity contribution is 0.0948. The molecule has 1 fully saturated rings. The van der Waals surface area contributed by atoms with Crippen LogP contribution in [0.2, 0.25) is 0 Å². The molecular weight excluding hydrogens is 224 g/mol. The second kappa shape index (κ2) is 4.53. The molecular formula is C13H15F2NO. The Balaban J connectivity index is 2.17. The summed E-state index contributed by atoms with van der Waals surface area (Å²) in [7, 11) is 0. The Morgan fingerprint density at radius 2 is 1.94 bits per heavy atom. The Morgan fingerprint density at radius 3 is 2.59 bits per heavy atom. The first-order valence-electron chi connectivity index (χ1n) is 5.77. The lowest BCUT2D eigenvalue weighted by Gasteiger charge is -2.22. The van der Waals surface area contributed by atoms with Gasteiger partial charge in [-0.15, -0.1) is 0 Å². The topological polar surface area (TPSA) is 43.1 Å². The molecule has 0 unspecified atom stereocenters. The van der Waals surface area contributed by atoms with Gasteiger partial charge in [-0.3, -0.25) is 4.79 Å². The highest BCUT2D eigenvalue weighted by molar-refractivity contribution is 5.97. The maximum absolute atomic E-state index is 13.4. The lowest BCUT2D eigenvalue weighted by atomic mass is 9.90. The van der Waals surface area contributed by atoms with Crippen molar-refractivity contribution in [3.8, 4) is 0 Å². The first kappa shape index (κ1) is 12.2. The fraction of sp³-hybridized carbons (Fsp3) is 0.462. The molecule has 2 N–H and O–H groups in total. The molecule has 0 radical (unpaired) electrons.